The molecule has 0 aromatic carbocycles. The second kappa shape index (κ2) is 7.68. The van der Waals surface area contributed by atoms with Crippen molar-refractivity contribution in [3.05, 3.63) is 0 Å². The number of nitrogens with one attached hydrogen (secondary N) is 1. The smallest absolute Gasteiger partial charge is 0.0965 e. The fraction of sp³-hybridized carbons (Fsp3) is 0.929. The Kier molecular flexibility index (Phi) is 6.54. The lowest BCUT2D eigenvalue weighted by Crippen LogP contribution is -2.41. The highest BCUT2D eigenvalue weighted by Gasteiger charge is 2.22. The van der Waals surface area contributed by atoms with Gasteiger partial charge in [-0.05, 0) is 37.6 Å². The van der Waals surface area contributed by atoms with Crippen molar-refractivity contribution >= 4 is 0 Å². The van der Waals surface area contributed by atoms with Crippen molar-refractivity contribution in [2.45, 2.75) is 46.1 Å². The number of hydrogen-bond acceptors (Lipinski definition) is 3. The topological polar surface area (TPSA) is 39.1 Å². The number of likely N-dealkylation sites (tertiary alicyclic amines) is 1. The van der Waals surface area contributed by atoms with Gasteiger partial charge in [0.05, 0.1) is 12.1 Å². The molecule has 0 radical (unpaired) electrons. The Bertz CT molecular complexity index is 236. The average Bonchev–Trinajstić information content (AvgIpc) is 2.28. The van der Waals surface area contributed by atoms with Crippen LogP contribution in [0.3, 0.4) is 0 Å². The summed E-state index contributed by atoms with van der Waals surface area (Å²) in [6.07, 6.45) is 3.40. The standard InChI is InChI=1S/C14H27N3/c1-4-6-16-14(9-15)5-7-17-10-12(2)8-13(3)11-17/h12-14,16H,4-8,10-11H2,1-3H3. The lowest BCUT2D eigenvalue weighted by atomic mass is 9.92. The third-order valence-corrected chi connectivity index (χ3v) is 3.48. The minimum absolute atomic E-state index is 0.0301. The van der Waals surface area contributed by atoms with E-state index in [1.54, 1.807) is 0 Å². The van der Waals surface area contributed by atoms with Crippen LogP contribution in [-0.2, 0) is 0 Å². The molecular formula is C14H27N3. The number of nitrogens with zero attached hydrogens (tertiary/aromatic N) is 2. The zero-order chi connectivity index (χ0) is 12.7. The van der Waals surface area contributed by atoms with E-state index >= 15 is 0 Å². The number of rotatable bonds is 6. The Morgan fingerprint density at radius 1 is 1.35 bits per heavy atom. The first kappa shape index (κ1) is 14.5. The second-order valence-corrected chi connectivity index (χ2v) is 5.63. The van der Waals surface area contributed by atoms with Gasteiger partial charge in [0.15, 0.2) is 0 Å². The van der Waals surface area contributed by atoms with Crippen LogP contribution in [0.2, 0.25) is 0 Å². The Labute approximate surface area is 106 Å². The van der Waals surface area contributed by atoms with Crippen molar-refractivity contribution < 1.29 is 0 Å². The fourth-order valence-corrected chi connectivity index (χ4v) is 2.82. The molecule has 1 heterocycles. The summed E-state index contributed by atoms with van der Waals surface area (Å²) < 4.78 is 0. The molecule has 0 aromatic rings. The highest BCUT2D eigenvalue weighted by Crippen LogP contribution is 2.20. The second-order valence-electron chi connectivity index (χ2n) is 5.63. The van der Waals surface area contributed by atoms with Crippen LogP contribution in [0.4, 0.5) is 0 Å². The van der Waals surface area contributed by atoms with Crippen LogP contribution in [0, 0.1) is 23.2 Å². The maximum atomic E-state index is 9.06. The first-order valence-electron chi connectivity index (χ1n) is 7.01. The summed E-state index contributed by atoms with van der Waals surface area (Å²) in [5.41, 5.74) is 0. The molecule has 1 aliphatic heterocycles. The third kappa shape index (κ3) is 5.52. The first-order valence-corrected chi connectivity index (χ1v) is 7.01. The van der Waals surface area contributed by atoms with Crippen LogP contribution in [-0.4, -0.2) is 37.1 Å². The van der Waals surface area contributed by atoms with Gasteiger partial charge in [-0.15, -0.1) is 0 Å². The van der Waals surface area contributed by atoms with E-state index in [0.29, 0.717) is 0 Å². The van der Waals surface area contributed by atoms with E-state index in [-0.39, 0.29) is 6.04 Å². The van der Waals surface area contributed by atoms with Crippen molar-refractivity contribution in [1.29, 1.82) is 5.26 Å². The van der Waals surface area contributed by atoms with Crippen LogP contribution >= 0.6 is 0 Å². The predicted octanol–water partition coefficient (Wildman–Crippen LogP) is 2.25. The van der Waals surface area contributed by atoms with E-state index in [4.69, 9.17) is 5.26 Å². The Morgan fingerprint density at radius 2 is 2.00 bits per heavy atom. The summed E-state index contributed by atoms with van der Waals surface area (Å²) in [5, 5.41) is 12.3. The van der Waals surface area contributed by atoms with Crippen LogP contribution < -0.4 is 5.32 Å². The number of nitriles is 1. The Hall–Kier alpha value is -0.590. The van der Waals surface area contributed by atoms with E-state index in [2.05, 4.69) is 37.1 Å². The van der Waals surface area contributed by atoms with E-state index < -0.39 is 0 Å². The van der Waals surface area contributed by atoms with Crippen LogP contribution in [0.15, 0.2) is 0 Å². The van der Waals surface area contributed by atoms with Crippen LogP contribution in [0.1, 0.15) is 40.0 Å². The lowest BCUT2D eigenvalue weighted by molar-refractivity contribution is 0.137. The highest BCUT2D eigenvalue weighted by atomic mass is 15.1. The molecule has 1 N–H and O–H groups in total. The minimum atomic E-state index is 0.0301. The molecule has 3 unspecified atom stereocenters. The predicted molar refractivity (Wildman–Crippen MR) is 71.7 cm³/mol. The lowest BCUT2D eigenvalue weighted by Gasteiger charge is -2.35. The largest absolute Gasteiger partial charge is 0.303 e. The van der Waals surface area contributed by atoms with Gasteiger partial charge in [-0.25, -0.2) is 0 Å². The van der Waals surface area contributed by atoms with E-state index in [9.17, 15) is 0 Å². The van der Waals surface area contributed by atoms with Gasteiger partial charge in [0.2, 0.25) is 0 Å². The molecule has 17 heavy (non-hydrogen) atoms. The molecule has 3 atom stereocenters. The third-order valence-electron chi connectivity index (χ3n) is 3.48. The van der Waals surface area contributed by atoms with Gasteiger partial charge in [-0.1, -0.05) is 20.8 Å². The minimum Gasteiger partial charge on any atom is -0.303 e. The molecular weight excluding hydrogens is 210 g/mol. The maximum absolute atomic E-state index is 9.06. The molecule has 1 aliphatic rings. The monoisotopic (exact) mass is 237 g/mol. The molecule has 0 amide bonds. The molecule has 3 nitrogen and oxygen atoms in total. The Balaban J connectivity index is 2.26. The molecule has 1 fully saturated rings. The van der Waals surface area contributed by atoms with Crippen molar-refractivity contribution in [1.82, 2.24) is 10.2 Å². The molecule has 1 saturated heterocycles. The van der Waals surface area contributed by atoms with Crippen molar-refractivity contribution in [3.63, 3.8) is 0 Å². The molecule has 98 valence electrons. The van der Waals surface area contributed by atoms with Gasteiger partial charge in [0.1, 0.15) is 0 Å². The van der Waals surface area contributed by atoms with Gasteiger partial charge in [-0.3, -0.25) is 0 Å². The molecule has 0 spiro atoms. The maximum Gasteiger partial charge on any atom is 0.0965 e. The van der Waals surface area contributed by atoms with E-state index in [1.165, 1.54) is 19.5 Å². The first-order chi connectivity index (χ1) is 8.15. The summed E-state index contributed by atoms with van der Waals surface area (Å²) in [4.78, 5) is 2.52. The summed E-state index contributed by atoms with van der Waals surface area (Å²) in [7, 11) is 0. The van der Waals surface area contributed by atoms with Crippen molar-refractivity contribution in [3.8, 4) is 6.07 Å². The molecule has 3 heteroatoms. The molecule has 0 bridgehead atoms. The zero-order valence-corrected chi connectivity index (χ0v) is 11.6. The summed E-state index contributed by atoms with van der Waals surface area (Å²) in [6.45, 7) is 11.2. The van der Waals surface area contributed by atoms with E-state index in [0.717, 1.165) is 37.8 Å². The van der Waals surface area contributed by atoms with Gasteiger partial charge in [0, 0.05) is 19.6 Å². The molecule has 0 aromatic heterocycles. The van der Waals surface area contributed by atoms with Crippen molar-refractivity contribution in [2.24, 2.45) is 11.8 Å². The van der Waals surface area contributed by atoms with E-state index in [1.807, 2.05) is 0 Å². The Morgan fingerprint density at radius 3 is 2.53 bits per heavy atom. The summed E-state index contributed by atoms with van der Waals surface area (Å²) in [5.74, 6) is 1.62. The normalized spacial score (nSPS) is 27.6. The summed E-state index contributed by atoms with van der Waals surface area (Å²) in [6, 6.07) is 2.39. The van der Waals surface area contributed by atoms with Gasteiger partial charge in [-0.2, -0.15) is 5.26 Å². The summed E-state index contributed by atoms with van der Waals surface area (Å²) >= 11 is 0. The van der Waals surface area contributed by atoms with Crippen molar-refractivity contribution in [2.75, 3.05) is 26.2 Å². The van der Waals surface area contributed by atoms with Crippen LogP contribution in [0.5, 0.6) is 0 Å². The quantitative estimate of drug-likeness (QED) is 0.770. The number of hydrogen-bond donors (Lipinski definition) is 1. The van der Waals surface area contributed by atoms with Gasteiger partial charge >= 0.3 is 0 Å². The SMILES string of the molecule is CCCNC(C#N)CCN1CC(C)CC(C)C1. The molecule has 0 saturated carbocycles. The van der Waals surface area contributed by atoms with Gasteiger partial charge < -0.3 is 10.2 Å². The van der Waals surface area contributed by atoms with Crippen LogP contribution in [0.25, 0.3) is 0 Å². The fourth-order valence-electron chi connectivity index (χ4n) is 2.82. The average molecular weight is 237 g/mol. The molecule has 1 rings (SSSR count). The highest BCUT2D eigenvalue weighted by molar-refractivity contribution is 4.90. The number of piperidine rings is 1. The van der Waals surface area contributed by atoms with Gasteiger partial charge in [0.25, 0.3) is 0 Å². The zero-order valence-electron chi connectivity index (χ0n) is 11.6. The molecule has 0 aliphatic carbocycles.